The molecular weight excluding hydrogens is 483 g/mol. The predicted octanol–water partition coefficient (Wildman–Crippen LogP) is 6.29. The number of amides is 1. The summed E-state index contributed by atoms with van der Waals surface area (Å²) in [5.74, 6) is 0.203. The number of hydrogen-bond donors (Lipinski definition) is 0. The van der Waals surface area contributed by atoms with E-state index < -0.39 is 0 Å². The van der Waals surface area contributed by atoms with Crippen molar-refractivity contribution in [1.82, 2.24) is 14.5 Å². The first-order chi connectivity index (χ1) is 16.3. The number of carbonyl (C=O) groups excluding carboxylic acids is 1. The number of hydrogen-bond acceptors (Lipinski definition) is 6. The van der Waals surface area contributed by atoms with E-state index in [0.717, 1.165) is 16.0 Å². The minimum Gasteiger partial charge on any atom is -0.333 e. The standard InChI is InChI=1S/C26H27N3O2S3/c1-5-13-28-24(31)22-19(20-12-9-14-32-20)16-33-23(22)27-25(28)34-17-21(30)29(26(2,3)4)15-18-10-7-6-8-11-18/h5-12,14,16H,1,13,15,17H2,2-4H3. The van der Waals surface area contributed by atoms with Crippen LogP contribution in [-0.2, 0) is 17.9 Å². The summed E-state index contributed by atoms with van der Waals surface area (Å²) in [5, 5.41) is 5.16. The number of rotatable bonds is 8. The van der Waals surface area contributed by atoms with Gasteiger partial charge in [0.05, 0.1) is 11.1 Å². The highest BCUT2D eigenvalue weighted by Crippen LogP contribution is 2.34. The third kappa shape index (κ3) is 5.19. The van der Waals surface area contributed by atoms with Crippen LogP contribution in [0.15, 0.2) is 75.8 Å². The molecule has 8 heteroatoms. The zero-order valence-corrected chi connectivity index (χ0v) is 21.9. The van der Waals surface area contributed by atoms with Crippen molar-refractivity contribution < 1.29 is 4.79 Å². The summed E-state index contributed by atoms with van der Waals surface area (Å²) in [5.41, 5.74) is 1.56. The Kier molecular flexibility index (Phi) is 7.40. The summed E-state index contributed by atoms with van der Waals surface area (Å²) in [6.45, 7) is 10.8. The average Bonchev–Trinajstić information content (AvgIpc) is 3.48. The molecule has 0 bridgehead atoms. The van der Waals surface area contributed by atoms with Gasteiger partial charge in [-0.05, 0) is 37.8 Å². The molecule has 3 heterocycles. The fourth-order valence-electron chi connectivity index (χ4n) is 3.69. The van der Waals surface area contributed by atoms with Crippen LogP contribution in [0.3, 0.4) is 0 Å². The highest BCUT2D eigenvalue weighted by molar-refractivity contribution is 7.99. The summed E-state index contributed by atoms with van der Waals surface area (Å²) < 4.78 is 1.62. The number of carbonyl (C=O) groups is 1. The Balaban J connectivity index is 1.63. The molecule has 0 unspecified atom stereocenters. The number of nitrogens with zero attached hydrogens (tertiary/aromatic N) is 3. The van der Waals surface area contributed by atoms with E-state index in [1.165, 1.54) is 23.1 Å². The number of aromatic nitrogens is 2. The van der Waals surface area contributed by atoms with Gasteiger partial charge in [0, 0.05) is 34.4 Å². The second kappa shape index (κ2) is 10.3. The molecule has 0 spiro atoms. The van der Waals surface area contributed by atoms with Crippen LogP contribution < -0.4 is 5.56 Å². The van der Waals surface area contributed by atoms with E-state index in [4.69, 9.17) is 4.98 Å². The van der Waals surface area contributed by atoms with Crippen molar-refractivity contribution in [3.05, 3.63) is 81.8 Å². The molecule has 5 nitrogen and oxygen atoms in total. The Morgan fingerprint density at radius 3 is 2.59 bits per heavy atom. The quantitative estimate of drug-likeness (QED) is 0.159. The SMILES string of the molecule is C=CCn1c(SCC(=O)N(Cc2ccccc2)C(C)(C)C)nc2scc(-c3cccs3)c2c1=O. The molecule has 1 amide bonds. The van der Waals surface area contributed by atoms with Gasteiger partial charge >= 0.3 is 0 Å². The summed E-state index contributed by atoms with van der Waals surface area (Å²) in [7, 11) is 0. The minimum absolute atomic E-state index is 0.00584. The summed E-state index contributed by atoms with van der Waals surface area (Å²) in [6, 6.07) is 14.0. The van der Waals surface area contributed by atoms with Crippen molar-refractivity contribution in [2.24, 2.45) is 0 Å². The normalized spacial score (nSPS) is 11.6. The van der Waals surface area contributed by atoms with Gasteiger partial charge in [-0.1, -0.05) is 54.2 Å². The molecule has 0 atom stereocenters. The monoisotopic (exact) mass is 509 g/mol. The lowest BCUT2D eigenvalue weighted by molar-refractivity contribution is -0.133. The molecule has 0 saturated carbocycles. The molecule has 176 valence electrons. The van der Waals surface area contributed by atoms with Gasteiger partial charge in [-0.25, -0.2) is 4.98 Å². The molecule has 0 radical (unpaired) electrons. The Labute approximate surface area is 211 Å². The molecule has 0 saturated heterocycles. The van der Waals surface area contributed by atoms with Gasteiger partial charge in [-0.3, -0.25) is 14.2 Å². The molecule has 1 aromatic carbocycles. The predicted molar refractivity (Wildman–Crippen MR) is 145 cm³/mol. The van der Waals surface area contributed by atoms with Crippen LogP contribution in [0.4, 0.5) is 0 Å². The number of benzene rings is 1. The topological polar surface area (TPSA) is 55.2 Å². The first kappa shape index (κ1) is 24.4. The van der Waals surface area contributed by atoms with Crippen molar-refractivity contribution >= 4 is 50.6 Å². The lowest BCUT2D eigenvalue weighted by Gasteiger charge is -2.36. The summed E-state index contributed by atoms with van der Waals surface area (Å²) in [6.07, 6.45) is 1.69. The Hall–Kier alpha value is -2.68. The van der Waals surface area contributed by atoms with Gasteiger partial charge in [0.1, 0.15) is 4.83 Å². The van der Waals surface area contributed by atoms with E-state index >= 15 is 0 Å². The third-order valence-electron chi connectivity index (χ3n) is 5.38. The molecular formula is C26H27N3O2S3. The van der Waals surface area contributed by atoms with Gasteiger partial charge in [-0.2, -0.15) is 0 Å². The first-order valence-electron chi connectivity index (χ1n) is 10.9. The third-order valence-corrected chi connectivity index (χ3v) is 8.11. The van der Waals surface area contributed by atoms with Crippen molar-refractivity contribution in [3.63, 3.8) is 0 Å². The molecule has 34 heavy (non-hydrogen) atoms. The van der Waals surface area contributed by atoms with Crippen LogP contribution in [0.1, 0.15) is 26.3 Å². The van der Waals surface area contributed by atoms with Gasteiger partial charge in [0.2, 0.25) is 5.91 Å². The van der Waals surface area contributed by atoms with Gasteiger partial charge < -0.3 is 4.90 Å². The van der Waals surface area contributed by atoms with E-state index in [9.17, 15) is 9.59 Å². The highest BCUT2D eigenvalue weighted by atomic mass is 32.2. The zero-order valence-electron chi connectivity index (χ0n) is 19.5. The van der Waals surface area contributed by atoms with Crippen molar-refractivity contribution in [2.75, 3.05) is 5.75 Å². The fraction of sp³-hybridized carbons (Fsp3) is 0.269. The number of fused-ring (bicyclic) bond motifs is 1. The van der Waals surface area contributed by atoms with E-state index in [0.29, 0.717) is 28.5 Å². The largest absolute Gasteiger partial charge is 0.333 e. The van der Waals surface area contributed by atoms with Crippen LogP contribution in [0.2, 0.25) is 0 Å². The molecule has 4 aromatic rings. The lowest BCUT2D eigenvalue weighted by Crippen LogP contribution is -2.46. The molecule has 0 N–H and O–H groups in total. The van der Waals surface area contributed by atoms with Crippen LogP contribution in [0, 0.1) is 0 Å². The number of thioether (sulfide) groups is 1. The number of allylic oxidation sites excluding steroid dienone is 1. The molecule has 3 aromatic heterocycles. The maximum absolute atomic E-state index is 13.5. The Morgan fingerprint density at radius 2 is 1.94 bits per heavy atom. The summed E-state index contributed by atoms with van der Waals surface area (Å²) >= 11 is 4.37. The molecule has 0 aliphatic carbocycles. The molecule has 4 rings (SSSR count). The average molecular weight is 510 g/mol. The maximum Gasteiger partial charge on any atom is 0.263 e. The minimum atomic E-state index is -0.338. The number of thiophene rings is 2. The van der Waals surface area contributed by atoms with E-state index in [1.54, 1.807) is 22.0 Å². The van der Waals surface area contributed by atoms with Crippen LogP contribution in [-0.4, -0.2) is 31.6 Å². The maximum atomic E-state index is 13.5. The van der Waals surface area contributed by atoms with E-state index in [2.05, 4.69) is 6.58 Å². The lowest BCUT2D eigenvalue weighted by atomic mass is 10.0. The Bertz CT molecular complexity index is 1350. The molecule has 0 aliphatic rings. The molecule has 0 aliphatic heterocycles. The van der Waals surface area contributed by atoms with E-state index in [1.807, 2.05) is 78.9 Å². The summed E-state index contributed by atoms with van der Waals surface area (Å²) in [4.78, 5) is 35.2. The van der Waals surface area contributed by atoms with E-state index in [-0.39, 0.29) is 22.8 Å². The first-order valence-corrected chi connectivity index (χ1v) is 13.7. The Morgan fingerprint density at radius 1 is 1.18 bits per heavy atom. The van der Waals surface area contributed by atoms with Crippen molar-refractivity contribution in [2.45, 2.75) is 44.6 Å². The van der Waals surface area contributed by atoms with Crippen LogP contribution in [0.25, 0.3) is 20.7 Å². The highest BCUT2D eigenvalue weighted by Gasteiger charge is 2.27. The van der Waals surface area contributed by atoms with Gasteiger partial charge in [-0.15, -0.1) is 29.3 Å². The van der Waals surface area contributed by atoms with Gasteiger partial charge in [0.15, 0.2) is 5.16 Å². The molecule has 0 fully saturated rings. The van der Waals surface area contributed by atoms with Crippen LogP contribution in [0.5, 0.6) is 0 Å². The smallest absolute Gasteiger partial charge is 0.263 e. The van der Waals surface area contributed by atoms with Crippen molar-refractivity contribution in [1.29, 1.82) is 0 Å². The zero-order chi connectivity index (χ0) is 24.3. The van der Waals surface area contributed by atoms with Gasteiger partial charge in [0.25, 0.3) is 5.56 Å². The van der Waals surface area contributed by atoms with Crippen LogP contribution >= 0.6 is 34.4 Å². The van der Waals surface area contributed by atoms with Crippen molar-refractivity contribution in [3.8, 4) is 10.4 Å². The fourth-order valence-corrected chi connectivity index (χ4v) is 6.38. The second-order valence-electron chi connectivity index (χ2n) is 8.83. The second-order valence-corrected chi connectivity index (χ2v) is 11.6.